The molecule has 0 aliphatic carbocycles. The van der Waals surface area contributed by atoms with Crippen LogP contribution in [-0.2, 0) is 16.0 Å². The van der Waals surface area contributed by atoms with E-state index in [4.69, 9.17) is 5.11 Å². The number of aromatic nitrogens is 1. The van der Waals surface area contributed by atoms with Gasteiger partial charge in [-0.1, -0.05) is 19.9 Å². The first-order valence-electron chi connectivity index (χ1n) is 8.11. The van der Waals surface area contributed by atoms with E-state index in [1.807, 2.05) is 12.1 Å². The van der Waals surface area contributed by atoms with Crippen LogP contribution in [0, 0.1) is 5.92 Å². The number of carbonyl (C=O) groups is 2. The van der Waals surface area contributed by atoms with E-state index in [1.165, 1.54) is 0 Å². The second-order valence-electron chi connectivity index (χ2n) is 6.04. The monoisotopic (exact) mass is 321 g/mol. The Morgan fingerprint density at radius 2 is 2.09 bits per heavy atom. The summed E-state index contributed by atoms with van der Waals surface area (Å²) in [5, 5.41) is 14.8. The van der Waals surface area contributed by atoms with Crippen molar-refractivity contribution < 1.29 is 14.7 Å². The third-order valence-electron chi connectivity index (χ3n) is 3.42. The minimum Gasteiger partial charge on any atom is -0.481 e. The van der Waals surface area contributed by atoms with Crippen molar-refractivity contribution in [3.63, 3.8) is 0 Å². The SMILES string of the molecule is CC(C)C[C@H](NCCCC(=O)O)C(=O)NCCc1cccnc1. The van der Waals surface area contributed by atoms with E-state index in [2.05, 4.69) is 29.5 Å². The van der Waals surface area contributed by atoms with Gasteiger partial charge in [0.2, 0.25) is 5.91 Å². The highest BCUT2D eigenvalue weighted by Crippen LogP contribution is 2.05. The molecule has 0 saturated heterocycles. The van der Waals surface area contributed by atoms with Crippen molar-refractivity contribution in [1.29, 1.82) is 0 Å². The molecule has 1 aromatic rings. The van der Waals surface area contributed by atoms with Crippen LogP contribution in [0.2, 0.25) is 0 Å². The molecular formula is C17H27N3O3. The molecular weight excluding hydrogens is 294 g/mol. The molecule has 1 aromatic heterocycles. The Labute approximate surface area is 137 Å². The fraction of sp³-hybridized carbons (Fsp3) is 0.588. The van der Waals surface area contributed by atoms with Gasteiger partial charge in [0.25, 0.3) is 0 Å². The summed E-state index contributed by atoms with van der Waals surface area (Å²) in [6, 6.07) is 3.58. The first kappa shape index (κ1) is 19.1. The molecule has 1 atom stereocenters. The molecule has 0 fully saturated rings. The number of nitrogens with zero attached hydrogens (tertiary/aromatic N) is 1. The number of rotatable bonds is 11. The van der Waals surface area contributed by atoms with Crippen molar-refractivity contribution >= 4 is 11.9 Å². The van der Waals surface area contributed by atoms with Crippen LogP contribution in [0.15, 0.2) is 24.5 Å². The van der Waals surface area contributed by atoms with E-state index in [1.54, 1.807) is 12.4 Å². The Hall–Kier alpha value is -1.95. The predicted molar refractivity (Wildman–Crippen MR) is 89.1 cm³/mol. The summed E-state index contributed by atoms with van der Waals surface area (Å²) >= 11 is 0. The first-order valence-corrected chi connectivity index (χ1v) is 8.11. The fourth-order valence-corrected chi connectivity index (χ4v) is 2.27. The van der Waals surface area contributed by atoms with Gasteiger partial charge in [0, 0.05) is 25.4 Å². The molecule has 0 spiro atoms. The zero-order valence-electron chi connectivity index (χ0n) is 13.9. The lowest BCUT2D eigenvalue weighted by molar-refractivity contribution is -0.137. The summed E-state index contributed by atoms with van der Waals surface area (Å²) in [5.74, 6) is -0.456. The third kappa shape index (κ3) is 8.93. The molecule has 6 nitrogen and oxygen atoms in total. The molecule has 23 heavy (non-hydrogen) atoms. The zero-order valence-corrected chi connectivity index (χ0v) is 13.9. The molecule has 3 N–H and O–H groups in total. The van der Waals surface area contributed by atoms with Crippen LogP contribution >= 0.6 is 0 Å². The number of carboxylic acids is 1. The van der Waals surface area contributed by atoms with Crippen LogP contribution in [0.3, 0.4) is 0 Å². The number of hydrogen-bond acceptors (Lipinski definition) is 4. The van der Waals surface area contributed by atoms with Crippen molar-refractivity contribution in [2.45, 2.75) is 45.6 Å². The number of hydrogen-bond donors (Lipinski definition) is 3. The topological polar surface area (TPSA) is 91.3 Å². The molecule has 1 amide bonds. The highest BCUT2D eigenvalue weighted by atomic mass is 16.4. The molecule has 0 saturated carbocycles. The van der Waals surface area contributed by atoms with Gasteiger partial charge in [0.05, 0.1) is 6.04 Å². The van der Waals surface area contributed by atoms with Crippen LogP contribution in [0.1, 0.15) is 38.7 Å². The fourth-order valence-electron chi connectivity index (χ4n) is 2.27. The van der Waals surface area contributed by atoms with E-state index in [9.17, 15) is 9.59 Å². The molecule has 0 unspecified atom stereocenters. The van der Waals surface area contributed by atoms with Gasteiger partial charge < -0.3 is 15.7 Å². The minimum atomic E-state index is -0.812. The van der Waals surface area contributed by atoms with Crippen molar-refractivity contribution in [2.75, 3.05) is 13.1 Å². The van der Waals surface area contributed by atoms with Crippen LogP contribution in [0.25, 0.3) is 0 Å². The molecule has 1 rings (SSSR count). The molecule has 0 radical (unpaired) electrons. The van der Waals surface area contributed by atoms with E-state index >= 15 is 0 Å². The molecule has 128 valence electrons. The Morgan fingerprint density at radius 1 is 1.30 bits per heavy atom. The first-order chi connectivity index (χ1) is 11.0. The standard InChI is InChI=1S/C17H27N3O3/c1-13(2)11-15(19-9-4-6-16(21)22)17(23)20-10-7-14-5-3-8-18-12-14/h3,5,8,12-13,15,19H,4,6-7,9-11H2,1-2H3,(H,20,23)(H,21,22)/t15-/m0/s1. The average molecular weight is 321 g/mol. The van der Waals surface area contributed by atoms with Gasteiger partial charge in [0.1, 0.15) is 0 Å². The summed E-state index contributed by atoms with van der Waals surface area (Å²) in [4.78, 5) is 26.9. The maximum absolute atomic E-state index is 12.3. The van der Waals surface area contributed by atoms with Gasteiger partial charge in [-0.2, -0.15) is 0 Å². The van der Waals surface area contributed by atoms with E-state index in [-0.39, 0.29) is 18.4 Å². The Morgan fingerprint density at radius 3 is 2.70 bits per heavy atom. The van der Waals surface area contributed by atoms with Crippen LogP contribution in [0.5, 0.6) is 0 Å². The maximum atomic E-state index is 12.3. The second kappa shape index (κ2) is 10.7. The largest absolute Gasteiger partial charge is 0.481 e. The van der Waals surface area contributed by atoms with E-state index in [0.29, 0.717) is 25.4 Å². The smallest absolute Gasteiger partial charge is 0.303 e. The summed E-state index contributed by atoms with van der Waals surface area (Å²) < 4.78 is 0. The number of carboxylic acid groups (broad SMARTS) is 1. The van der Waals surface area contributed by atoms with Crippen LogP contribution < -0.4 is 10.6 Å². The summed E-state index contributed by atoms with van der Waals surface area (Å²) in [6.45, 7) is 5.22. The lowest BCUT2D eigenvalue weighted by Crippen LogP contribution is -2.45. The van der Waals surface area contributed by atoms with Gasteiger partial charge in [-0.25, -0.2) is 0 Å². The van der Waals surface area contributed by atoms with Crippen molar-refractivity contribution in [1.82, 2.24) is 15.6 Å². The van der Waals surface area contributed by atoms with Gasteiger partial charge in [-0.05, 0) is 43.4 Å². The number of carbonyl (C=O) groups excluding carboxylic acids is 1. The zero-order chi connectivity index (χ0) is 17.1. The van der Waals surface area contributed by atoms with Crippen LogP contribution in [-0.4, -0.2) is 41.1 Å². The van der Waals surface area contributed by atoms with Crippen molar-refractivity contribution in [2.24, 2.45) is 5.92 Å². The van der Waals surface area contributed by atoms with Gasteiger partial charge >= 0.3 is 5.97 Å². The quantitative estimate of drug-likeness (QED) is 0.539. The predicted octanol–water partition coefficient (Wildman–Crippen LogP) is 1.61. The number of pyridine rings is 1. The highest BCUT2D eigenvalue weighted by molar-refractivity contribution is 5.81. The second-order valence-corrected chi connectivity index (χ2v) is 6.04. The van der Waals surface area contributed by atoms with Crippen molar-refractivity contribution in [3.05, 3.63) is 30.1 Å². The van der Waals surface area contributed by atoms with Crippen molar-refractivity contribution in [3.8, 4) is 0 Å². The number of nitrogens with one attached hydrogen (secondary N) is 2. The molecule has 6 heteroatoms. The molecule has 0 aliphatic rings. The maximum Gasteiger partial charge on any atom is 0.303 e. The Balaban J connectivity index is 2.36. The molecule has 0 aliphatic heterocycles. The third-order valence-corrected chi connectivity index (χ3v) is 3.42. The summed E-state index contributed by atoms with van der Waals surface area (Å²) in [6.07, 6.45) is 5.62. The van der Waals surface area contributed by atoms with E-state index in [0.717, 1.165) is 18.4 Å². The molecule has 0 bridgehead atoms. The normalized spacial score (nSPS) is 12.1. The molecule has 0 aromatic carbocycles. The summed E-state index contributed by atoms with van der Waals surface area (Å²) in [5.41, 5.74) is 1.09. The van der Waals surface area contributed by atoms with Crippen LogP contribution in [0.4, 0.5) is 0 Å². The van der Waals surface area contributed by atoms with Gasteiger partial charge in [-0.3, -0.25) is 14.6 Å². The average Bonchev–Trinajstić information content (AvgIpc) is 2.50. The van der Waals surface area contributed by atoms with E-state index < -0.39 is 5.97 Å². The highest BCUT2D eigenvalue weighted by Gasteiger charge is 2.18. The summed E-state index contributed by atoms with van der Waals surface area (Å²) in [7, 11) is 0. The number of amides is 1. The Bertz CT molecular complexity index is 477. The lowest BCUT2D eigenvalue weighted by Gasteiger charge is -2.20. The number of aliphatic carboxylic acids is 1. The van der Waals surface area contributed by atoms with Gasteiger partial charge in [-0.15, -0.1) is 0 Å². The lowest BCUT2D eigenvalue weighted by atomic mass is 10.0. The van der Waals surface area contributed by atoms with Gasteiger partial charge in [0.15, 0.2) is 0 Å². The minimum absolute atomic E-state index is 0.0297. The Kier molecular flexibility index (Phi) is 8.90. The molecule has 1 heterocycles.